The van der Waals surface area contributed by atoms with Gasteiger partial charge in [0.25, 0.3) is 0 Å². The summed E-state index contributed by atoms with van der Waals surface area (Å²) in [6, 6.07) is 4.65. The molecule has 0 saturated heterocycles. The summed E-state index contributed by atoms with van der Waals surface area (Å²) >= 11 is 1.82. The molecule has 2 nitrogen and oxygen atoms in total. The topological polar surface area (TPSA) is 29.1 Å². The van der Waals surface area contributed by atoms with Crippen molar-refractivity contribution >= 4 is 22.1 Å². The summed E-state index contributed by atoms with van der Waals surface area (Å²) < 4.78 is 11.2. The van der Waals surface area contributed by atoms with Gasteiger partial charge in [0.2, 0.25) is 0 Å². The number of thiophene rings is 1. The fourth-order valence-electron chi connectivity index (χ4n) is 1.25. The van der Waals surface area contributed by atoms with Gasteiger partial charge in [-0.1, -0.05) is 0 Å². The molecule has 1 aromatic rings. The fourth-order valence-corrected chi connectivity index (χ4v) is 2.48. The maximum Gasteiger partial charge on any atom is 0.0441 e. The minimum atomic E-state index is -0.737. The molecular weight excluding hydrogens is 226 g/mol. The van der Waals surface area contributed by atoms with Gasteiger partial charge in [0.1, 0.15) is 0 Å². The molecule has 15 heavy (non-hydrogen) atoms. The summed E-state index contributed by atoms with van der Waals surface area (Å²) in [5, 5.41) is 3.63. The normalized spacial score (nSPS) is 17.3. The van der Waals surface area contributed by atoms with E-state index in [9.17, 15) is 4.21 Å². The molecule has 3 unspecified atom stereocenters. The summed E-state index contributed by atoms with van der Waals surface area (Å²) in [6.45, 7) is 7.08. The predicted octanol–water partition coefficient (Wildman–Crippen LogP) is 2.47. The molecule has 0 aliphatic heterocycles. The van der Waals surface area contributed by atoms with E-state index in [4.69, 9.17) is 0 Å². The van der Waals surface area contributed by atoms with Gasteiger partial charge in [0, 0.05) is 44.6 Å². The molecule has 86 valence electrons. The lowest BCUT2D eigenvalue weighted by Gasteiger charge is -2.15. The third-order valence-electron chi connectivity index (χ3n) is 2.47. The van der Waals surface area contributed by atoms with Crippen LogP contribution in [0.3, 0.4) is 0 Å². The summed E-state index contributed by atoms with van der Waals surface area (Å²) in [6.07, 6.45) is 1.76. The van der Waals surface area contributed by atoms with Crippen molar-refractivity contribution < 1.29 is 4.21 Å². The highest BCUT2D eigenvalue weighted by Crippen LogP contribution is 2.22. The van der Waals surface area contributed by atoms with Crippen molar-refractivity contribution in [3.05, 3.63) is 21.9 Å². The molecule has 0 aromatic carbocycles. The Kier molecular flexibility index (Phi) is 4.96. The van der Waals surface area contributed by atoms with Gasteiger partial charge in [-0.2, -0.15) is 0 Å². The van der Waals surface area contributed by atoms with Crippen LogP contribution in [0.4, 0.5) is 0 Å². The molecule has 1 N–H and O–H groups in total. The Hall–Kier alpha value is -0.190. The molecule has 0 saturated carbocycles. The van der Waals surface area contributed by atoms with Gasteiger partial charge in [-0.25, -0.2) is 0 Å². The largest absolute Gasteiger partial charge is 0.308 e. The van der Waals surface area contributed by atoms with E-state index in [1.54, 1.807) is 6.26 Å². The monoisotopic (exact) mass is 245 g/mol. The average molecular weight is 245 g/mol. The third kappa shape index (κ3) is 4.05. The first-order valence-electron chi connectivity index (χ1n) is 5.12. The fraction of sp³-hybridized carbons (Fsp3) is 0.636. The van der Waals surface area contributed by atoms with Crippen LogP contribution in [-0.2, 0) is 10.8 Å². The summed E-state index contributed by atoms with van der Waals surface area (Å²) in [4.78, 5) is 2.69. The van der Waals surface area contributed by atoms with E-state index in [-0.39, 0.29) is 5.25 Å². The zero-order valence-corrected chi connectivity index (χ0v) is 11.4. The highest BCUT2D eigenvalue weighted by Gasteiger charge is 2.10. The van der Waals surface area contributed by atoms with E-state index in [1.165, 1.54) is 9.75 Å². The third-order valence-corrected chi connectivity index (χ3v) is 4.95. The molecule has 0 bridgehead atoms. The minimum absolute atomic E-state index is 0.216. The van der Waals surface area contributed by atoms with Crippen molar-refractivity contribution in [2.24, 2.45) is 0 Å². The number of hydrogen-bond acceptors (Lipinski definition) is 3. The van der Waals surface area contributed by atoms with Crippen molar-refractivity contribution in [3.8, 4) is 0 Å². The molecule has 0 radical (unpaired) electrons. The Balaban J connectivity index is 2.43. The minimum Gasteiger partial charge on any atom is -0.308 e. The van der Waals surface area contributed by atoms with E-state index >= 15 is 0 Å². The van der Waals surface area contributed by atoms with Crippen LogP contribution in [0.5, 0.6) is 0 Å². The van der Waals surface area contributed by atoms with E-state index in [2.05, 4.69) is 31.3 Å². The Labute approximate surface area is 98.6 Å². The van der Waals surface area contributed by atoms with E-state index in [0.717, 1.165) is 6.54 Å². The van der Waals surface area contributed by atoms with Gasteiger partial charge in [0.15, 0.2) is 0 Å². The molecule has 1 rings (SSSR count). The Morgan fingerprint density at radius 2 is 2.13 bits per heavy atom. The Morgan fingerprint density at radius 1 is 1.47 bits per heavy atom. The maximum absolute atomic E-state index is 11.2. The van der Waals surface area contributed by atoms with Crippen LogP contribution in [-0.4, -0.2) is 22.3 Å². The summed E-state index contributed by atoms with van der Waals surface area (Å²) in [7, 11) is -0.737. The predicted molar refractivity (Wildman–Crippen MR) is 69.0 cm³/mol. The van der Waals surface area contributed by atoms with Crippen molar-refractivity contribution in [3.63, 3.8) is 0 Å². The second-order valence-corrected chi connectivity index (χ2v) is 7.01. The molecule has 1 heterocycles. The molecule has 1 aromatic heterocycles. The van der Waals surface area contributed by atoms with Gasteiger partial charge in [-0.05, 0) is 32.9 Å². The van der Waals surface area contributed by atoms with E-state index in [0.29, 0.717) is 6.04 Å². The van der Waals surface area contributed by atoms with Crippen molar-refractivity contribution in [2.45, 2.75) is 32.1 Å². The number of hydrogen-bond donors (Lipinski definition) is 1. The first-order chi connectivity index (χ1) is 7.00. The molecule has 4 heteroatoms. The lowest BCUT2D eigenvalue weighted by Crippen LogP contribution is -2.29. The van der Waals surface area contributed by atoms with Crippen LogP contribution in [0.15, 0.2) is 12.1 Å². The zero-order chi connectivity index (χ0) is 11.4. The highest BCUT2D eigenvalue weighted by atomic mass is 32.2. The molecular formula is C11H19NOS2. The van der Waals surface area contributed by atoms with Crippen molar-refractivity contribution in [2.75, 3.05) is 12.8 Å². The van der Waals surface area contributed by atoms with Crippen LogP contribution in [0, 0.1) is 6.92 Å². The first kappa shape index (κ1) is 12.9. The number of aryl methyl sites for hydroxylation is 1. The quantitative estimate of drug-likeness (QED) is 0.863. The van der Waals surface area contributed by atoms with Crippen LogP contribution in [0.2, 0.25) is 0 Å². The molecule has 0 aliphatic carbocycles. The smallest absolute Gasteiger partial charge is 0.0441 e. The van der Waals surface area contributed by atoms with Crippen LogP contribution in [0.25, 0.3) is 0 Å². The van der Waals surface area contributed by atoms with Crippen molar-refractivity contribution in [1.29, 1.82) is 0 Å². The second kappa shape index (κ2) is 5.77. The van der Waals surface area contributed by atoms with Gasteiger partial charge in [0.05, 0.1) is 0 Å². The SMILES string of the molecule is Cc1ccc(C(C)NCC(C)S(C)=O)s1. The van der Waals surface area contributed by atoms with Gasteiger partial charge < -0.3 is 5.32 Å². The zero-order valence-electron chi connectivity index (χ0n) is 9.74. The first-order valence-corrected chi connectivity index (χ1v) is 7.56. The van der Waals surface area contributed by atoms with Gasteiger partial charge in [-0.15, -0.1) is 11.3 Å². The van der Waals surface area contributed by atoms with Crippen LogP contribution < -0.4 is 5.32 Å². The second-order valence-electron chi connectivity index (χ2n) is 3.89. The Morgan fingerprint density at radius 3 is 2.60 bits per heavy atom. The number of rotatable bonds is 5. The molecule has 0 amide bonds. The summed E-state index contributed by atoms with van der Waals surface area (Å²) in [5.74, 6) is 0. The van der Waals surface area contributed by atoms with Crippen LogP contribution >= 0.6 is 11.3 Å². The maximum atomic E-state index is 11.2. The van der Waals surface area contributed by atoms with Gasteiger partial charge >= 0.3 is 0 Å². The standard InChI is InChI=1S/C11H19NOS2/c1-8-5-6-11(14-8)10(3)12-7-9(2)15(4)13/h5-6,9-10,12H,7H2,1-4H3. The van der Waals surface area contributed by atoms with Crippen LogP contribution in [0.1, 0.15) is 29.6 Å². The number of nitrogens with one attached hydrogen (secondary N) is 1. The summed E-state index contributed by atoms with van der Waals surface area (Å²) in [5.41, 5.74) is 0. The lowest BCUT2D eigenvalue weighted by atomic mass is 10.2. The average Bonchev–Trinajstić information content (AvgIpc) is 2.60. The molecule has 3 atom stereocenters. The molecule has 0 aliphatic rings. The molecule has 0 fully saturated rings. The van der Waals surface area contributed by atoms with E-state index < -0.39 is 10.8 Å². The van der Waals surface area contributed by atoms with E-state index in [1.807, 2.05) is 18.3 Å². The molecule has 0 spiro atoms. The lowest BCUT2D eigenvalue weighted by molar-refractivity contribution is 0.576. The van der Waals surface area contributed by atoms with Gasteiger partial charge in [-0.3, -0.25) is 4.21 Å². The van der Waals surface area contributed by atoms with Crippen molar-refractivity contribution in [1.82, 2.24) is 5.32 Å². The highest BCUT2D eigenvalue weighted by molar-refractivity contribution is 7.84. The Bertz CT molecular complexity index is 335.